The predicted molar refractivity (Wildman–Crippen MR) is 574 cm³/mol. The Kier molecular flexibility index (Phi) is 57.6. The minimum Gasteiger partial charge on any atom is -0.381 e. The molecule has 12 aromatic rings. The second kappa shape index (κ2) is 68.0. The smallest absolute Gasteiger partial charge is 0.242 e. The third kappa shape index (κ3) is 39.6. The van der Waals surface area contributed by atoms with Crippen molar-refractivity contribution in [2.75, 3.05) is 238 Å². The van der Waals surface area contributed by atoms with Crippen LogP contribution in [-0.4, -0.2) is 354 Å². The van der Waals surface area contributed by atoms with Crippen LogP contribution in [0.3, 0.4) is 0 Å². The second-order valence-corrected chi connectivity index (χ2v) is 36.5. The van der Waals surface area contributed by atoms with E-state index < -0.39 is 0 Å². The SMILES string of the molecule is C1CCOC1.C1CCOC1.C1CCOC1.C1CCOC1.C1CCOC1.C1CCOC1.C1COCCOCCOCCOCCOCCO1.C1COCCOCCOCCOCCOCCO1.Cc1cc(C)c(B(c2cc3ccc4cccc5ccc(c2)c3c45)c2c(C)cc(C)cc2C)c(C)c1.Cc1cc(C)c(B(c2cc3ccc4cccc5ccc(c2)c3c45)c2c(C)cc(C)cc2C)c(C)c1.[K].[K]. The van der Waals surface area contributed by atoms with E-state index in [9.17, 15) is 0 Å². The molecule has 738 valence electrons. The third-order valence-corrected chi connectivity index (χ3v) is 25.2. The Labute approximate surface area is 911 Å². The van der Waals surface area contributed by atoms with Crippen molar-refractivity contribution in [3.05, 3.63) is 224 Å². The van der Waals surface area contributed by atoms with Gasteiger partial charge in [0.25, 0.3) is 0 Å². The molecule has 8 fully saturated rings. The summed E-state index contributed by atoms with van der Waals surface area (Å²) in [5, 5.41) is 16.1. The van der Waals surface area contributed by atoms with Crippen LogP contribution in [0.15, 0.2) is 158 Å². The Morgan fingerprint density at radius 2 is 0.275 bits per heavy atom. The predicted octanol–water partition coefficient (Wildman–Crippen LogP) is 18.1. The van der Waals surface area contributed by atoms with Gasteiger partial charge in [-0.3, -0.25) is 0 Å². The number of rotatable bonds is 6. The fourth-order valence-corrected chi connectivity index (χ4v) is 19.1. The van der Waals surface area contributed by atoms with E-state index in [-0.39, 0.29) is 116 Å². The Morgan fingerprint density at radius 3 is 0.406 bits per heavy atom. The molecule has 8 heterocycles. The topological polar surface area (TPSA) is 166 Å². The van der Waals surface area contributed by atoms with E-state index in [0.717, 1.165) is 79.3 Å². The molecule has 12 aromatic carbocycles. The van der Waals surface area contributed by atoms with Crippen LogP contribution >= 0.6 is 0 Å². The average Bonchev–Trinajstić information content (AvgIpc) is 0.855. The van der Waals surface area contributed by atoms with Gasteiger partial charge in [-0.05, 0) is 225 Å². The molecular weight excluding hydrogens is 1780 g/mol. The Morgan fingerprint density at radius 1 is 0.152 bits per heavy atom. The van der Waals surface area contributed by atoms with E-state index in [1.54, 1.807) is 0 Å². The van der Waals surface area contributed by atoms with E-state index in [2.05, 4.69) is 241 Å². The number of benzene rings is 12. The number of hydrogen-bond donors (Lipinski definition) is 0. The van der Waals surface area contributed by atoms with Gasteiger partial charge in [0, 0.05) is 182 Å². The van der Waals surface area contributed by atoms with Crippen molar-refractivity contribution in [3.8, 4) is 0 Å². The minimum absolute atomic E-state index is 0. The maximum absolute atomic E-state index is 5.33. The molecule has 8 aliphatic rings. The molecule has 18 nitrogen and oxygen atoms in total. The van der Waals surface area contributed by atoms with Gasteiger partial charge >= 0.3 is 0 Å². The van der Waals surface area contributed by atoms with Crippen LogP contribution < -0.4 is 32.8 Å². The summed E-state index contributed by atoms with van der Waals surface area (Å²) in [6.45, 7) is 53.5. The van der Waals surface area contributed by atoms with Crippen molar-refractivity contribution in [2.45, 2.75) is 160 Å². The van der Waals surface area contributed by atoms with Gasteiger partial charge < -0.3 is 85.3 Å². The van der Waals surface area contributed by atoms with Crippen molar-refractivity contribution >= 4 is 214 Å². The first-order chi connectivity index (χ1) is 66.6. The van der Waals surface area contributed by atoms with E-state index in [4.69, 9.17) is 85.3 Å². The normalized spacial score (nSPS) is 17.4. The fourth-order valence-electron chi connectivity index (χ4n) is 19.1. The molecule has 0 unspecified atom stereocenters. The van der Waals surface area contributed by atoms with Gasteiger partial charge in [0.2, 0.25) is 13.4 Å². The van der Waals surface area contributed by atoms with Crippen LogP contribution in [0.1, 0.15) is 144 Å². The minimum atomic E-state index is 0. The summed E-state index contributed by atoms with van der Waals surface area (Å²) >= 11 is 0. The van der Waals surface area contributed by atoms with E-state index in [1.165, 1.54) is 241 Å². The monoisotopic (exact) mass is 1940 g/mol. The first-order valence-electron chi connectivity index (χ1n) is 50.7. The van der Waals surface area contributed by atoms with E-state index in [0.29, 0.717) is 159 Å². The number of aryl methyl sites for hydroxylation is 12. The van der Waals surface area contributed by atoms with Gasteiger partial charge in [-0.1, -0.05) is 257 Å². The molecule has 22 heteroatoms. The first kappa shape index (κ1) is 117. The Balaban J connectivity index is 0.000000190. The molecule has 0 atom stereocenters. The molecular formula is C116H158B2K2O18. The zero-order chi connectivity index (χ0) is 95.5. The molecule has 0 aliphatic carbocycles. The molecule has 0 aromatic heterocycles. The zero-order valence-electron chi connectivity index (χ0n) is 86.5. The summed E-state index contributed by atoms with van der Waals surface area (Å²) in [5.74, 6) is 0. The maximum Gasteiger partial charge on any atom is 0.242 e. The molecule has 0 N–H and O–H groups in total. The van der Waals surface area contributed by atoms with Gasteiger partial charge in [0.15, 0.2) is 0 Å². The number of hydrogen-bond acceptors (Lipinski definition) is 18. The molecule has 0 spiro atoms. The number of ether oxygens (including phenoxy) is 18. The third-order valence-electron chi connectivity index (χ3n) is 25.2. The molecule has 0 bridgehead atoms. The Hall–Kier alpha value is -4.60. The largest absolute Gasteiger partial charge is 0.381 e. The van der Waals surface area contributed by atoms with Crippen LogP contribution in [0, 0.1) is 83.1 Å². The fraction of sp³-hybridized carbons (Fsp3) is 0.517. The summed E-state index contributed by atoms with van der Waals surface area (Å²) < 4.78 is 93.6. The molecule has 8 aliphatic heterocycles. The van der Waals surface area contributed by atoms with Gasteiger partial charge in [-0.25, -0.2) is 0 Å². The second-order valence-electron chi connectivity index (χ2n) is 36.5. The van der Waals surface area contributed by atoms with Crippen LogP contribution in [-0.2, 0) is 85.3 Å². The summed E-state index contributed by atoms with van der Waals surface area (Å²) in [6, 6.07) is 60.2. The summed E-state index contributed by atoms with van der Waals surface area (Å²) in [4.78, 5) is 0. The Bertz CT molecular complexity index is 4470. The van der Waals surface area contributed by atoms with Gasteiger partial charge in [0.05, 0.1) is 159 Å². The van der Waals surface area contributed by atoms with Crippen LogP contribution in [0.5, 0.6) is 0 Å². The van der Waals surface area contributed by atoms with Crippen LogP contribution in [0.25, 0.3) is 64.6 Å². The molecule has 20 rings (SSSR count). The quantitative estimate of drug-likeness (QED) is 0.114. The molecule has 0 amide bonds. The van der Waals surface area contributed by atoms with Crippen molar-refractivity contribution < 1.29 is 85.3 Å². The zero-order valence-corrected chi connectivity index (χ0v) is 92.7. The summed E-state index contributed by atoms with van der Waals surface area (Å²) in [7, 11) is 0. The maximum atomic E-state index is 5.33. The van der Waals surface area contributed by atoms with Crippen molar-refractivity contribution in [1.82, 2.24) is 0 Å². The van der Waals surface area contributed by atoms with Crippen molar-refractivity contribution in [1.29, 1.82) is 0 Å². The first-order valence-corrected chi connectivity index (χ1v) is 50.7. The van der Waals surface area contributed by atoms with Crippen molar-refractivity contribution in [2.24, 2.45) is 0 Å². The molecule has 2 radical (unpaired) electrons. The van der Waals surface area contributed by atoms with E-state index >= 15 is 0 Å². The molecule has 138 heavy (non-hydrogen) atoms. The van der Waals surface area contributed by atoms with Gasteiger partial charge in [0.1, 0.15) is 0 Å². The van der Waals surface area contributed by atoms with Gasteiger partial charge in [-0.15, -0.1) is 0 Å². The summed E-state index contributed by atoms with van der Waals surface area (Å²) in [6.07, 6.45) is 15.3. The van der Waals surface area contributed by atoms with Crippen LogP contribution in [0.2, 0.25) is 0 Å². The van der Waals surface area contributed by atoms with Crippen molar-refractivity contribution in [3.63, 3.8) is 0 Å². The van der Waals surface area contributed by atoms with Gasteiger partial charge in [-0.2, -0.15) is 0 Å². The van der Waals surface area contributed by atoms with E-state index in [1.807, 2.05) is 0 Å². The summed E-state index contributed by atoms with van der Waals surface area (Å²) in [5.41, 5.74) is 24.8. The molecule has 8 saturated heterocycles. The molecule has 0 saturated carbocycles. The average molecular weight is 1940 g/mol. The van der Waals surface area contributed by atoms with Crippen LogP contribution in [0.4, 0.5) is 0 Å². The standard InChI is InChI=1S/2C34H31B.2C12H24O6.6C4H8O.2K/c2*1-20-14-22(3)33(23(4)15-20)35(34-24(5)16-21(2)17-25(34)6)30-18-28-12-10-26-8-7-9-27-11-13-29(19-30)32(28)31(26)27;2*1-2-14-5-6-16-9-10-18-12-11-17-8-7-15-4-3-13-1;6*1-2-4-5-3-1;;/h2*7-19H,1-6H3;2*1-12H2;6*1-4H2;;.